The summed E-state index contributed by atoms with van der Waals surface area (Å²) < 4.78 is 7.26. The highest BCUT2D eigenvalue weighted by Crippen LogP contribution is 2.29. The molecule has 5 heteroatoms. The Bertz CT molecular complexity index is 748. The van der Waals surface area contributed by atoms with Crippen molar-refractivity contribution in [2.45, 2.75) is 6.92 Å². The summed E-state index contributed by atoms with van der Waals surface area (Å²) in [5.74, 6) is 1.49. The van der Waals surface area contributed by atoms with E-state index in [0.29, 0.717) is 11.3 Å². The number of fused-ring (bicyclic) bond motifs is 1. The third-order valence-electron chi connectivity index (χ3n) is 3.02. The van der Waals surface area contributed by atoms with E-state index in [9.17, 15) is 0 Å². The fourth-order valence-corrected chi connectivity index (χ4v) is 2.17. The molecule has 0 aliphatic carbocycles. The number of hydrogen-bond acceptors (Lipinski definition) is 4. The minimum Gasteiger partial charge on any atom is -0.496 e. The molecule has 3 aromatic rings. The van der Waals surface area contributed by atoms with Gasteiger partial charge >= 0.3 is 0 Å². The number of rotatable bonds is 2. The van der Waals surface area contributed by atoms with Crippen LogP contribution in [-0.4, -0.2) is 21.7 Å². The highest BCUT2D eigenvalue weighted by atomic mass is 16.5. The SMILES string of the molecule is COc1ccccc1-c1nnc2c(N)cc(C)cn12. The molecule has 0 radical (unpaired) electrons. The zero-order valence-electron chi connectivity index (χ0n) is 10.8. The lowest BCUT2D eigenvalue weighted by molar-refractivity contribution is 0.416. The lowest BCUT2D eigenvalue weighted by Gasteiger charge is -2.07. The van der Waals surface area contributed by atoms with Gasteiger partial charge in [-0.1, -0.05) is 12.1 Å². The highest BCUT2D eigenvalue weighted by molar-refractivity contribution is 5.72. The van der Waals surface area contributed by atoms with Gasteiger partial charge in [-0.2, -0.15) is 0 Å². The van der Waals surface area contributed by atoms with E-state index in [1.165, 1.54) is 0 Å². The van der Waals surface area contributed by atoms with Crippen molar-refractivity contribution < 1.29 is 4.74 Å². The van der Waals surface area contributed by atoms with Crippen LogP contribution in [0.2, 0.25) is 0 Å². The summed E-state index contributed by atoms with van der Waals surface area (Å²) in [6.45, 7) is 1.99. The molecule has 0 bridgehead atoms. The molecule has 3 rings (SSSR count). The Balaban J connectivity index is 2.31. The highest BCUT2D eigenvalue weighted by Gasteiger charge is 2.14. The number of pyridine rings is 1. The lowest BCUT2D eigenvalue weighted by atomic mass is 10.2. The maximum Gasteiger partial charge on any atom is 0.184 e. The number of aromatic nitrogens is 3. The molecule has 0 fully saturated rings. The van der Waals surface area contributed by atoms with Crippen LogP contribution < -0.4 is 10.5 Å². The number of anilines is 1. The van der Waals surface area contributed by atoms with Gasteiger partial charge in [-0.15, -0.1) is 10.2 Å². The van der Waals surface area contributed by atoms with Crippen LogP contribution in [0.15, 0.2) is 36.5 Å². The van der Waals surface area contributed by atoms with Gasteiger partial charge in [0.25, 0.3) is 0 Å². The number of ether oxygens (including phenoxy) is 1. The van der Waals surface area contributed by atoms with E-state index < -0.39 is 0 Å². The number of hydrogen-bond donors (Lipinski definition) is 1. The van der Waals surface area contributed by atoms with E-state index >= 15 is 0 Å². The van der Waals surface area contributed by atoms with Crippen molar-refractivity contribution in [2.75, 3.05) is 12.8 Å². The van der Waals surface area contributed by atoms with E-state index in [1.54, 1.807) is 7.11 Å². The largest absolute Gasteiger partial charge is 0.496 e. The van der Waals surface area contributed by atoms with Crippen molar-refractivity contribution in [1.29, 1.82) is 0 Å². The summed E-state index contributed by atoms with van der Waals surface area (Å²) in [6, 6.07) is 9.60. The van der Waals surface area contributed by atoms with Gasteiger partial charge in [-0.25, -0.2) is 0 Å². The van der Waals surface area contributed by atoms with Gasteiger partial charge < -0.3 is 10.5 Å². The van der Waals surface area contributed by atoms with Crippen LogP contribution in [0, 0.1) is 6.92 Å². The van der Waals surface area contributed by atoms with Crippen molar-refractivity contribution in [3.63, 3.8) is 0 Å². The number of aryl methyl sites for hydroxylation is 1. The van der Waals surface area contributed by atoms with Gasteiger partial charge in [0.2, 0.25) is 0 Å². The number of para-hydroxylation sites is 1. The van der Waals surface area contributed by atoms with Crippen LogP contribution in [0.3, 0.4) is 0 Å². The second-order valence-corrected chi connectivity index (χ2v) is 4.39. The predicted octanol–water partition coefficient (Wildman–Crippen LogP) is 2.30. The molecule has 0 unspecified atom stereocenters. The quantitative estimate of drug-likeness (QED) is 0.762. The Morgan fingerprint density at radius 3 is 2.79 bits per heavy atom. The van der Waals surface area contributed by atoms with Crippen LogP contribution in [0.25, 0.3) is 17.0 Å². The van der Waals surface area contributed by atoms with Crippen molar-refractivity contribution in [3.05, 3.63) is 42.1 Å². The Morgan fingerprint density at radius 1 is 1.21 bits per heavy atom. The van der Waals surface area contributed by atoms with Gasteiger partial charge in [0.05, 0.1) is 18.4 Å². The molecular weight excluding hydrogens is 240 g/mol. The van der Waals surface area contributed by atoms with Crippen molar-refractivity contribution in [2.24, 2.45) is 0 Å². The first-order chi connectivity index (χ1) is 9.20. The molecule has 19 heavy (non-hydrogen) atoms. The normalized spacial score (nSPS) is 10.8. The van der Waals surface area contributed by atoms with E-state index in [4.69, 9.17) is 10.5 Å². The fraction of sp³-hybridized carbons (Fsp3) is 0.143. The van der Waals surface area contributed by atoms with Crippen LogP contribution in [0.1, 0.15) is 5.56 Å². The second kappa shape index (κ2) is 4.28. The standard InChI is InChI=1S/C14H14N4O/c1-9-7-11(15)14-17-16-13(18(14)8-9)10-5-3-4-6-12(10)19-2/h3-8H,15H2,1-2H3. The first-order valence-electron chi connectivity index (χ1n) is 5.95. The molecule has 0 amide bonds. The smallest absolute Gasteiger partial charge is 0.184 e. The second-order valence-electron chi connectivity index (χ2n) is 4.39. The fourth-order valence-electron chi connectivity index (χ4n) is 2.17. The summed E-state index contributed by atoms with van der Waals surface area (Å²) in [5, 5.41) is 8.37. The van der Waals surface area contributed by atoms with E-state index in [-0.39, 0.29) is 0 Å². The van der Waals surface area contributed by atoms with Crippen LogP contribution >= 0.6 is 0 Å². The molecule has 5 nitrogen and oxygen atoms in total. The maximum atomic E-state index is 5.96. The predicted molar refractivity (Wildman–Crippen MR) is 74.1 cm³/mol. The van der Waals surface area contributed by atoms with Gasteiger partial charge in [0.1, 0.15) is 5.75 Å². The summed E-state index contributed by atoms with van der Waals surface area (Å²) >= 11 is 0. The Kier molecular flexibility index (Phi) is 2.59. The van der Waals surface area contributed by atoms with Gasteiger partial charge in [-0.05, 0) is 30.7 Å². The molecule has 0 aliphatic rings. The third-order valence-corrected chi connectivity index (χ3v) is 3.02. The Hall–Kier alpha value is -2.56. The molecule has 0 saturated heterocycles. The average Bonchev–Trinajstić information content (AvgIpc) is 2.82. The molecule has 0 atom stereocenters. The monoisotopic (exact) mass is 254 g/mol. The average molecular weight is 254 g/mol. The molecule has 1 aromatic carbocycles. The van der Waals surface area contributed by atoms with E-state index in [0.717, 1.165) is 22.7 Å². The van der Waals surface area contributed by atoms with E-state index in [1.807, 2.05) is 47.9 Å². The molecule has 0 saturated carbocycles. The van der Waals surface area contributed by atoms with Crippen LogP contribution in [-0.2, 0) is 0 Å². The Morgan fingerprint density at radius 2 is 2.00 bits per heavy atom. The molecular formula is C14H14N4O. The summed E-state index contributed by atoms with van der Waals surface area (Å²) in [4.78, 5) is 0. The zero-order chi connectivity index (χ0) is 13.4. The van der Waals surface area contributed by atoms with Crippen molar-refractivity contribution >= 4 is 11.3 Å². The van der Waals surface area contributed by atoms with Crippen LogP contribution in [0.5, 0.6) is 5.75 Å². The summed E-state index contributed by atoms with van der Waals surface area (Å²) in [7, 11) is 1.64. The summed E-state index contributed by atoms with van der Waals surface area (Å²) in [6.07, 6.45) is 1.97. The number of nitrogens with zero attached hydrogens (tertiary/aromatic N) is 3. The first kappa shape index (κ1) is 11.5. The van der Waals surface area contributed by atoms with Crippen LogP contribution in [0.4, 0.5) is 5.69 Å². The molecule has 2 heterocycles. The zero-order valence-corrected chi connectivity index (χ0v) is 10.8. The molecule has 0 aliphatic heterocycles. The topological polar surface area (TPSA) is 65.4 Å². The van der Waals surface area contributed by atoms with Crippen molar-refractivity contribution in [3.8, 4) is 17.1 Å². The minimum atomic E-state index is 0.619. The summed E-state index contributed by atoms with van der Waals surface area (Å²) in [5.41, 5.74) is 9.19. The molecule has 96 valence electrons. The van der Waals surface area contributed by atoms with Crippen molar-refractivity contribution in [1.82, 2.24) is 14.6 Å². The Labute approximate surface area is 110 Å². The first-order valence-corrected chi connectivity index (χ1v) is 5.95. The number of nitrogens with two attached hydrogens (primary N) is 1. The minimum absolute atomic E-state index is 0.619. The van der Waals surface area contributed by atoms with Gasteiger partial charge in [-0.3, -0.25) is 4.40 Å². The van der Waals surface area contributed by atoms with Gasteiger partial charge in [0, 0.05) is 6.20 Å². The molecule has 2 N–H and O–H groups in total. The number of nitrogen functional groups attached to an aromatic ring is 1. The molecule has 2 aromatic heterocycles. The van der Waals surface area contributed by atoms with Gasteiger partial charge in [0.15, 0.2) is 11.5 Å². The molecule has 0 spiro atoms. The maximum absolute atomic E-state index is 5.96. The third kappa shape index (κ3) is 1.79. The number of methoxy groups -OCH3 is 1. The number of benzene rings is 1. The lowest BCUT2D eigenvalue weighted by Crippen LogP contribution is -1.96. The van der Waals surface area contributed by atoms with E-state index in [2.05, 4.69) is 10.2 Å².